The smallest absolute Gasteiger partial charge is 0.410 e. The molecule has 0 N–H and O–H groups in total. The van der Waals surface area contributed by atoms with E-state index in [-0.39, 0.29) is 46.3 Å². The van der Waals surface area contributed by atoms with Crippen LogP contribution in [0.4, 0.5) is 10.6 Å². The molecule has 0 spiro atoms. The number of nitrogens with zero attached hydrogens (tertiary/aromatic N) is 5. The van der Waals surface area contributed by atoms with Crippen LogP contribution in [0.25, 0.3) is 11.1 Å². The zero-order valence-electron chi connectivity index (χ0n) is 30.9. The number of benzene rings is 1. The molecule has 5 fully saturated rings. The van der Waals surface area contributed by atoms with Gasteiger partial charge >= 0.3 is 6.09 Å². The summed E-state index contributed by atoms with van der Waals surface area (Å²) in [7, 11) is 1.74. The average molecular weight is 682 g/mol. The van der Waals surface area contributed by atoms with Crippen molar-refractivity contribution in [2.45, 2.75) is 116 Å². The van der Waals surface area contributed by atoms with Gasteiger partial charge in [0.1, 0.15) is 17.7 Å². The minimum atomic E-state index is -0.211. The Morgan fingerprint density at radius 2 is 1.66 bits per heavy atom. The highest BCUT2D eigenvalue weighted by Gasteiger charge is 2.51. The Balaban J connectivity index is 1.09. The van der Waals surface area contributed by atoms with E-state index in [9.17, 15) is 9.59 Å². The number of hydrogen-bond acceptors (Lipinski definition) is 6. The summed E-state index contributed by atoms with van der Waals surface area (Å²) in [5.41, 5.74) is 5.10. The maximum absolute atomic E-state index is 14.7. The summed E-state index contributed by atoms with van der Waals surface area (Å²) >= 11 is 0. The van der Waals surface area contributed by atoms with Crippen molar-refractivity contribution >= 4 is 17.8 Å². The van der Waals surface area contributed by atoms with E-state index in [1.807, 2.05) is 28.0 Å². The van der Waals surface area contributed by atoms with Crippen molar-refractivity contribution in [3.63, 3.8) is 0 Å². The highest BCUT2D eigenvalue weighted by Crippen LogP contribution is 2.58. The molecule has 1 aliphatic heterocycles. The molecule has 2 amide bonds. The molecule has 3 aromatic rings. The summed E-state index contributed by atoms with van der Waals surface area (Å²) in [4.78, 5) is 36.1. The lowest BCUT2D eigenvalue weighted by molar-refractivity contribution is -0.124. The Kier molecular flexibility index (Phi) is 9.23. The number of carbonyl (C=O) groups is 2. The number of aromatic nitrogens is 3. The summed E-state index contributed by atoms with van der Waals surface area (Å²) in [5, 5.41) is 4.57. The number of rotatable bonds is 9. The van der Waals surface area contributed by atoms with Gasteiger partial charge in [0.05, 0.1) is 13.3 Å². The quantitative estimate of drug-likeness (QED) is 0.225. The van der Waals surface area contributed by atoms with E-state index in [4.69, 9.17) is 14.5 Å². The van der Waals surface area contributed by atoms with E-state index in [2.05, 4.69) is 70.2 Å². The van der Waals surface area contributed by atoms with E-state index in [0.717, 1.165) is 74.3 Å². The maximum atomic E-state index is 14.7. The van der Waals surface area contributed by atoms with Gasteiger partial charge in [-0.2, -0.15) is 5.10 Å². The van der Waals surface area contributed by atoms with Crippen LogP contribution in [0.3, 0.4) is 0 Å². The summed E-state index contributed by atoms with van der Waals surface area (Å²) in [6.07, 6.45) is 15.0. The van der Waals surface area contributed by atoms with E-state index in [1.54, 1.807) is 12.0 Å². The number of carbonyl (C=O) groups excluding carboxylic acids is 2. The minimum absolute atomic E-state index is 0.0663. The molecule has 2 bridgehead atoms. The van der Waals surface area contributed by atoms with Gasteiger partial charge in [-0.1, -0.05) is 26.0 Å². The largest absolute Gasteiger partial charge is 0.496 e. The Morgan fingerprint density at radius 3 is 2.26 bits per heavy atom. The third-order valence-corrected chi connectivity index (χ3v) is 12.4. The van der Waals surface area contributed by atoms with Crippen LogP contribution in [0.5, 0.6) is 5.75 Å². The normalized spacial score (nSPS) is 27.1. The monoisotopic (exact) mass is 681 g/mol. The number of aryl methyl sites for hydroxylation is 1. The van der Waals surface area contributed by atoms with E-state index in [0.29, 0.717) is 32.2 Å². The Bertz CT molecular complexity index is 1690. The summed E-state index contributed by atoms with van der Waals surface area (Å²) < 4.78 is 13.4. The second-order valence-electron chi connectivity index (χ2n) is 17.0. The molecule has 2 aromatic heterocycles. The average Bonchev–Trinajstić information content (AvgIpc) is 3.62. The van der Waals surface area contributed by atoms with Gasteiger partial charge in [0.2, 0.25) is 5.91 Å². The van der Waals surface area contributed by atoms with Gasteiger partial charge in [0.25, 0.3) is 0 Å². The van der Waals surface area contributed by atoms with E-state index < -0.39 is 0 Å². The molecule has 3 heterocycles. The SMILES string of the molecule is COc1ccc(C23CCC(CN(C(=O)C4CCC(OC(=O)N5CC(C)(C)C5)CC4)c4cc(-c5cnn(C(C)C)c5)ccn4)(CC2)CC3)cc1C. The van der Waals surface area contributed by atoms with Crippen LogP contribution >= 0.6 is 0 Å². The topological polar surface area (TPSA) is 89.8 Å². The molecule has 50 heavy (non-hydrogen) atoms. The second kappa shape index (κ2) is 13.3. The van der Waals surface area contributed by atoms with Gasteiger partial charge in [0.15, 0.2) is 0 Å². The first-order valence-corrected chi connectivity index (χ1v) is 18.8. The molecule has 0 atom stereocenters. The molecule has 1 aromatic carbocycles. The number of methoxy groups -OCH3 is 1. The molecule has 5 aliphatic rings. The number of hydrogen-bond donors (Lipinski definition) is 0. The molecular formula is C41H55N5O4. The van der Waals surface area contributed by atoms with Crippen LogP contribution in [0.1, 0.15) is 109 Å². The highest BCUT2D eigenvalue weighted by molar-refractivity contribution is 5.95. The molecule has 9 heteroatoms. The molecule has 0 radical (unpaired) electrons. The van der Waals surface area contributed by atoms with Crippen LogP contribution in [-0.4, -0.2) is 64.5 Å². The molecule has 268 valence electrons. The molecule has 4 saturated carbocycles. The Labute approximate surface area is 297 Å². The molecule has 1 saturated heterocycles. The summed E-state index contributed by atoms with van der Waals surface area (Å²) in [5.74, 6) is 1.71. The third-order valence-electron chi connectivity index (χ3n) is 12.4. The van der Waals surface area contributed by atoms with Crippen LogP contribution in [-0.2, 0) is 14.9 Å². The lowest BCUT2D eigenvalue weighted by Gasteiger charge is -2.55. The number of likely N-dealkylation sites (tertiary alicyclic amines) is 1. The van der Waals surface area contributed by atoms with Crippen LogP contribution < -0.4 is 9.64 Å². The molecular weight excluding hydrogens is 626 g/mol. The second-order valence-corrected chi connectivity index (χ2v) is 17.0. The molecule has 0 unspecified atom stereocenters. The van der Waals surface area contributed by atoms with Gasteiger partial charge in [-0.05, 0) is 131 Å². The van der Waals surface area contributed by atoms with Crippen molar-refractivity contribution in [1.29, 1.82) is 0 Å². The molecule has 8 rings (SSSR count). The number of anilines is 1. The zero-order valence-corrected chi connectivity index (χ0v) is 30.9. The minimum Gasteiger partial charge on any atom is -0.496 e. The highest BCUT2D eigenvalue weighted by atomic mass is 16.6. The fourth-order valence-electron chi connectivity index (χ4n) is 9.25. The Morgan fingerprint density at radius 1 is 0.960 bits per heavy atom. The molecule has 4 aliphatic carbocycles. The summed E-state index contributed by atoms with van der Waals surface area (Å²) in [6, 6.07) is 11.1. The lowest BCUT2D eigenvalue weighted by atomic mass is 9.51. The van der Waals surface area contributed by atoms with Crippen molar-refractivity contribution in [3.8, 4) is 16.9 Å². The first-order valence-electron chi connectivity index (χ1n) is 18.8. The van der Waals surface area contributed by atoms with Crippen molar-refractivity contribution in [1.82, 2.24) is 19.7 Å². The van der Waals surface area contributed by atoms with Crippen molar-refractivity contribution in [2.24, 2.45) is 16.7 Å². The zero-order chi connectivity index (χ0) is 35.3. The van der Waals surface area contributed by atoms with Crippen LogP contribution in [0.2, 0.25) is 0 Å². The number of ether oxygens (including phenoxy) is 2. The third kappa shape index (κ3) is 6.76. The van der Waals surface area contributed by atoms with E-state index >= 15 is 0 Å². The van der Waals surface area contributed by atoms with Gasteiger partial charge in [-0.25, -0.2) is 9.78 Å². The van der Waals surface area contributed by atoms with Gasteiger partial charge < -0.3 is 14.4 Å². The van der Waals surface area contributed by atoms with Crippen LogP contribution in [0, 0.1) is 23.7 Å². The predicted molar refractivity (Wildman–Crippen MR) is 195 cm³/mol. The number of amides is 2. The maximum Gasteiger partial charge on any atom is 0.410 e. The fourth-order valence-corrected chi connectivity index (χ4v) is 9.25. The first-order chi connectivity index (χ1) is 23.9. The van der Waals surface area contributed by atoms with Crippen molar-refractivity contribution in [3.05, 3.63) is 60.0 Å². The summed E-state index contributed by atoms with van der Waals surface area (Å²) in [6.45, 7) is 12.9. The van der Waals surface area contributed by atoms with Crippen LogP contribution in [0.15, 0.2) is 48.9 Å². The predicted octanol–water partition coefficient (Wildman–Crippen LogP) is 8.51. The first kappa shape index (κ1) is 34.6. The molecule has 9 nitrogen and oxygen atoms in total. The number of pyridine rings is 1. The van der Waals surface area contributed by atoms with E-state index in [1.165, 1.54) is 11.1 Å². The standard InChI is InChI=1S/C41H55N5O4/c1-28(2)46-24-32(23-43-46)31-13-20-42-36(22-31)45(37(47)30-7-10-34(11-8-30)50-38(48)44-25-39(4,5)26-44)27-40-14-17-41(18-15-40,19-16-40)33-9-12-35(49-6)29(3)21-33/h9,12-13,20-24,28,30,34H,7-8,10-11,14-19,25-27H2,1-6H3. The number of fused-ring (bicyclic) bond motifs is 3. The van der Waals surface area contributed by atoms with Gasteiger partial charge in [-0.3, -0.25) is 14.4 Å². The fraction of sp³-hybridized carbons (Fsp3) is 0.610. The van der Waals surface area contributed by atoms with Crippen molar-refractivity contribution < 1.29 is 19.1 Å². The van der Waals surface area contributed by atoms with Crippen molar-refractivity contribution in [2.75, 3.05) is 31.6 Å². The van der Waals surface area contributed by atoms with Gasteiger partial charge in [0, 0.05) is 55.0 Å². The lowest BCUT2D eigenvalue weighted by Crippen LogP contribution is -2.56. The van der Waals surface area contributed by atoms with Gasteiger partial charge in [-0.15, -0.1) is 0 Å². The Hall–Kier alpha value is -3.88.